The predicted molar refractivity (Wildman–Crippen MR) is 67.8 cm³/mol. The number of methoxy groups -OCH3 is 1. The van der Waals surface area contributed by atoms with Gasteiger partial charge in [-0.25, -0.2) is 0 Å². The summed E-state index contributed by atoms with van der Waals surface area (Å²) in [5, 5.41) is 8.97. The van der Waals surface area contributed by atoms with Gasteiger partial charge in [0.1, 0.15) is 5.75 Å². The highest BCUT2D eigenvalue weighted by molar-refractivity contribution is 6.20. The standard InChI is InChI=1S/C13H17ClO3/c1-9(14)7-11(13(15)16)8-10-3-5-12(17-2)6-4-10/h3-6,9,11H,7-8H2,1-2H3,(H,15,16). The molecule has 0 spiro atoms. The summed E-state index contributed by atoms with van der Waals surface area (Å²) in [6, 6.07) is 7.43. The van der Waals surface area contributed by atoms with Gasteiger partial charge in [-0.3, -0.25) is 4.79 Å². The van der Waals surface area contributed by atoms with E-state index in [0.717, 1.165) is 11.3 Å². The fourth-order valence-corrected chi connectivity index (χ4v) is 1.92. The third-order valence-electron chi connectivity index (χ3n) is 2.60. The first-order valence-electron chi connectivity index (χ1n) is 5.52. The summed E-state index contributed by atoms with van der Waals surface area (Å²) >= 11 is 5.85. The first-order valence-corrected chi connectivity index (χ1v) is 5.96. The molecule has 0 saturated carbocycles. The monoisotopic (exact) mass is 256 g/mol. The van der Waals surface area contributed by atoms with Crippen LogP contribution in [0.1, 0.15) is 18.9 Å². The van der Waals surface area contributed by atoms with Crippen LogP contribution < -0.4 is 4.74 Å². The van der Waals surface area contributed by atoms with Crippen molar-refractivity contribution < 1.29 is 14.6 Å². The largest absolute Gasteiger partial charge is 0.497 e. The van der Waals surface area contributed by atoms with Gasteiger partial charge >= 0.3 is 5.97 Å². The molecule has 17 heavy (non-hydrogen) atoms. The number of halogens is 1. The summed E-state index contributed by atoms with van der Waals surface area (Å²) in [6.45, 7) is 1.81. The molecule has 94 valence electrons. The number of carboxylic acids is 1. The normalized spacial score (nSPS) is 14.1. The molecule has 0 fully saturated rings. The van der Waals surface area contributed by atoms with E-state index in [9.17, 15) is 4.79 Å². The zero-order valence-electron chi connectivity index (χ0n) is 10.0. The summed E-state index contributed by atoms with van der Waals surface area (Å²) in [5.41, 5.74) is 0.982. The first kappa shape index (κ1) is 13.8. The van der Waals surface area contributed by atoms with Crippen LogP contribution in [0.2, 0.25) is 0 Å². The Labute approximate surface area is 106 Å². The molecule has 1 N–H and O–H groups in total. The van der Waals surface area contributed by atoms with Crippen molar-refractivity contribution in [1.29, 1.82) is 0 Å². The lowest BCUT2D eigenvalue weighted by Gasteiger charge is -2.13. The number of hydrogen-bond donors (Lipinski definition) is 1. The lowest BCUT2D eigenvalue weighted by Crippen LogP contribution is -2.19. The quantitative estimate of drug-likeness (QED) is 0.796. The molecule has 3 nitrogen and oxygen atoms in total. The molecule has 1 rings (SSSR count). The van der Waals surface area contributed by atoms with Crippen LogP contribution in [0.3, 0.4) is 0 Å². The average Bonchev–Trinajstić information content (AvgIpc) is 2.28. The zero-order valence-corrected chi connectivity index (χ0v) is 10.8. The van der Waals surface area contributed by atoms with Crippen molar-refractivity contribution in [2.24, 2.45) is 5.92 Å². The van der Waals surface area contributed by atoms with E-state index in [1.165, 1.54) is 0 Å². The summed E-state index contributed by atoms with van der Waals surface area (Å²) in [5.74, 6) is -0.462. The molecular formula is C13H17ClO3. The van der Waals surface area contributed by atoms with E-state index >= 15 is 0 Å². The van der Waals surface area contributed by atoms with Crippen molar-refractivity contribution in [3.05, 3.63) is 29.8 Å². The predicted octanol–water partition coefficient (Wildman–Crippen LogP) is 2.96. The second-order valence-electron chi connectivity index (χ2n) is 4.10. The molecule has 0 saturated heterocycles. The van der Waals surface area contributed by atoms with E-state index < -0.39 is 11.9 Å². The van der Waals surface area contributed by atoms with Gasteiger partial charge < -0.3 is 9.84 Å². The Bertz CT molecular complexity index is 359. The van der Waals surface area contributed by atoms with Gasteiger partial charge in [0.05, 0.1) is 13.0 Å². The van der Waals surface area contributed by atoms with Crippen molar-refractivity contribution in [3.63, 3.8) is 0 Å². The highest BCUT2D eigenvalue weighted by Gasteiger charge is 2.19. The summed E-state index contributed by atoms with van der Waals surface area (Å²) < 4.78 is 5.05. The molecule has 4 heteroatoms. The van der Waals surface area contributed by atoms with Crippen LogP contribution in [0, 0.1) is 5.92 Å². The Morgan fingerprint density at radius 2 is 2.00 bits per heavy atom. The number of carbonyl (C=O) groups is 1. The van der Waals surface area contributed by atoms with Gasteiger partial charge in [-0.2, -0.15) is 0 Å². The number of hydrogen-bond acceptors (Lipinski definition) is 2. The Morgan fingerprint density at radius 3 is 2.41 bits per heavy atom. The Kier molecular flexibility index (Phi) is 5.29. The summed E-state index contributed by atoms with van der Waals surface area (Å²) in [6.07, 6.45) is 0.972. The maximum Gasteiger partial charge on any atom is 0.306 e. The van der Waals surface area contributed by atoms with E-state index in [4.69, 9.17) is 21.4 Å². The van der Waals surface area contributed by atoms with E-state index in [-0.39, 0.29) is 5.38 Å². The molecule has 0 heterocycles. The molecule has 0 aliphatic rings. The molecule has 1 aromatic rings. The molecule has 0 aliphatic carbocycles. The number of ether oxygens (including phenoxy) is 1. The lowest BCUT2D eigenvalue weighted by atomic mass is 9.95. The van der Waals surface area contributed by atoms with Crippen LogP contribution in [-0.4, -0.2) is 23.6 Å². The zero-order chi connectivity index (χ0) is 12.8. The number of aliphatic carboxylic acids is 1. The second kappa shape index (κ2) is 6.50. The van der Waals surface area contributed by atoms with Crippen LogP contribution in [0.4, 0.5) is 0 Å². The number of carboxylic acid groups (broad SMARTS) is 1. The van der Waals surface area contributed by atoms with E-state index in [0.29, 0.717) is 12.8 Å². The molecule has 0 amide bonds. The molecule has 0 aromatic heterocycles. The lowest BCUT2D eigenvalue weighted by molar-refractivity contribution is -0.141. The third kappa shape index (κ3) is 4.65. The van der Waals surface area contributed by atoms with Crippen LogP contribution in [0.15, 0.2) is 24.3 Å². The molecule has 0 aliphatic heterocycles. The Balaban J connectivity index is 2.68. The van der Waals surface area contributed by atoms with Gasteiger partial charge in [0, 0.05) is 5.38 Å². The first-order chi connectivity index (χ1) is 8.02. The maximum absolute atomic E-state index is 11.1. The molecule has 0 radical (unpaired) electrons. The van der Waals surface area contributed by atoms with Gasteiger partial charge in [0.2, 0.25) is 0 Å². The van der Waals surface area contributed by atoms with Crippen molar-refractivity contribution in [1.82, 2.24) is 0 Å². The van der Waals surface area contributed by atoms with Gasteiger partial charge in [0.25, 0.3) is 0 Å². The van der Waals surface area contributed by atoms with E-state index in [2.05, 4.69) is 0 Å². The van der Waals surface area contributed by atoms with Crippen LogP contribution in [-0.2, 0) is 11.2 Å². The van der Waals surface area contributed by atoms with Crippen molar-refractivity contribution >= 4 is 17.6 Å². The van der Waals surface area contributed by atoms with Gasteiger partial charge in [-0.1, -0.05) is 12.1 Å². The van der Waals surface area contributed by atoms with Crippen LogP contribution >= 0.6 is 11.6 Å². The maximum atomic E-state index is 11.1. The number of benzene rings is 1. The minimum absolute atomic E-state index is 0.130. The van der Waals surface area contributed by atoms with Gasteiger partial charge in [-0.15, -0.1) is 11.6 Å². The Hall–Kier alpha value is -1.22. The SMILES string of the molecule is COc1ccc(CC(CC(C)Cl)C(=O)O)cc1. The van der Waals surface area contributed by atoms with Crippen molar-refractivity contribution in [3.8, 4) is 5.75 Å². The Morgan fingerprint density at radius 1 is 1.41 bits per heavy atom. The van der Waals surface area contributed by atoms with Crippen LogP contribution in [0.25, 0.3) is 0 Å². The topological polar surface area (TPSA) is 46.5 Å². The average molecular weight is 257 g/mol. The molecule has 2 atom stereocenters. The number of rotatable bonds is 6. The number of alkyl halides is 1. The fraction of sp³-hybridized carbons (Fsp3) is 0.462. The van der Waals surface area contributed by atoms with Gasteiger partial charge in [-0.05, 0) is 37.5 Å². The minimum Gasteiger partial charge on any atom is -0.497 e. The van der Waals surface area contributed by atoms with Crippen LogP contribution in [0.5, 0.6) is 5.75 Å². The minimum atomic E-state index is -0.798. The van der Waals surface area contributed by atoms with E-state index in [1.807, 2.05) is 31.2 Å². The highest BCUT2D eigenvalue weighted by atomic mass is 35.5. The van der Waals surface area contributed by atoms with Crippen molar-refractivity contribution in [2.45, 2.75) is 25.1 Å². The van der Waals surface area contributed by atoms with Gasteiger partial charge in [0.15, 0.2) is 0 Å². The van der Waals surface area contributed by atoms with E-state index in [1.54, 1.807) is 7.11 Å². The van der Waals surface area contributed by atoms with Crippen molar-refractivity contribution in [2.75, 3.05) is 7.11 Å². The molecule has 2 unspecified atom stereocenters. The summed E-state index contributed by atoms with van der Waals surface area (Å²) in [4.78, 5) is 11.1. The summed E-state index contributed by atoms with van der Waals surface area (Å²) in [7, 11) is 1.60. The molecule has 0 bridgehead atoms. The smallest absolute Gasteiger partial charge is 0.306 e. The second-order valence-corrected chi connectivity index (χ2v) is 4.85. The third-order valence-corrected chi connectivity index (χ3v) is 2.78. The molecular weight excluding hydrogens is 240 g/mol. The highest BCUT2D eigenvalue weighted by Crippen LogP contribution is 2.19. The molecule has 1 aromatic carbocycles. The fourth-order valence-electron chi connectivity index (χ4n) is 1.71.